The van der Waals surface area contributed by atoms with Crippen molar-refractivity contribution in [3.05, 3.63) is 12.7 Å². The molecule has 0 bridgehead atoms. The van der Waals surface area contributed by atoms with Crippen LogP contribution in [0.3, 0.4) is 0 Å². The fraction of sp³-hybridized carbons (Fsp3) is 0.500. The number of hydrogen-bond acceptors (Lipinski definition) is 12. The van der Waals surface area contributed by atoms with Gasteiger partial charge in [0.25, 0.3) is 0 Å². The minimum atomic E-state index is -5.32. The lowest BCUT2D eigenvalue weighted by Crippen LogP contribution is -2.26. The number of phosphoric acid groups is 1. The van der Waals surface area contributed by atoms with Crippen molar-refractivity contribution in [2.24, 2.45) is 0 Å². The highest BCUT2D eigenvalue weighted by atomic mass is 31.3. The number of rotatable bonds is 7. The topological polar surface area (TPSA) is 245 Å². The summed E-state index contributed by atoms with van der Waals surface area (Å²) >= 11 is 0. The zero-order chi connectivity index (χ0) is 21.9. The van der Waals surface area contributed by atoms with Gasteiger partial charge in [0.15, 0.2) is 11.5 Å². The van der Waals surface area contributed by atoms with Crippen LogP contribution in [0.1, 0.15) is 12.6 Å². The van der Waals surface area contributed by atoms with Crippen LogP contribution in [-0.4, -0.2) is 58.1 Å². The molecule has 0 radical (unpaired) electrons. The summed E-state index contributed by atoms with van der Waals surface area (Å²) in [6.07, 6.45) is -0.455. The van der Waals surface area contributed by atoms with Gasteiger partial charge in [-0.1, -0.05) is 4.09 Å². The van der Waals surface area contributed by atoms with Crippen molar-refractivity contribution in [3.63, 3.8) is 0 Å². The van der Waals surface area contributed by atoms with Crippen molar-refractivity contribution in [2.75, 3.05) is 12.3 Å². The van der Waals surface area contributed by atoms with Crippen LogP contribution in [-0.2, 0) is 36.0 Å². The van der Waals surface area contributed by atoms with E-state index in [2.05, 4.69) is 28.5 Å². The molecule has 4 rings (SSSR count). The summed E-state index contributed by atoms with van der Waals surface area (Å²) in [5, 5.41) is 10.2. The van der Waals surface area contributed by atoms with Gasteiger partial charge >= 0.3 is 23.5 Å². The molecule has 0 spiro atoms. The number of aliphatic hydroxyl groups excluding tert-OH is 1. The zero-order valence-electron chi connectivity index (χ0n) is 14.6. The number of anilines is 1. The number of nitrogen functional groups attached to an aromatic ring is 1. The van der Waals surface area contributed by atoms with Gasteiger partial charge in [-0.3, -0.25) is 18.9 Å². The second kappa shape index (κ2) is 7.38. The fourth-order valence-electron chi connectivity index (χ4n) is 2.71. The van der Waals surface area contributed by atoms with Crippen LogP contribution in [0.5, 0.6) is 0 Å². The van der Waals surface area contributed by atoms with Crippen LogP contribution < -0.4 is 5.73 Å². The Morgan fingerprint density at radius 3 is 2.73 bits per heavy atom. The molecule has 0 amide bonds. The third kappa shape index (κ3) is 4.21. The van der Waals surface area contributed by atoms with E-state index in [1.807, 2.05) is 0 Å². The average Bonchev–Trinajstić information content (AvgIpc) is 2.97. The Bertz CT molecular complexity index is 1130. The lowest BCUT2D eigenvalue weighted by molar-refractivity contribution is -0.0552. The number of hydrogen-bond donors (Lipinski definition) is 5. The van der Waals surface area contributed by atoms with E-state index in [9.17, 15) is 28.6 Å². The van der Waals surface area contributed by atoms with Crippen molar-refractivity contribution < 1.29 is 55.8 Å². The monoisotopic (exact) mass is 490 g/mol. The summed E-state index contributed by atoms with van der Waals surface area (Å²) in [5.74, 6) is 0.143. The van der Waals surface area contributed by atoms with Crippen LogP contribution in [0, 0.1) is 0 Å². The Labute approximate surface area is 166 Å². The van der Waals surface area contributed by atoms with E-state index in [0.29, 0.717) is 15.3 Å². The van der Waals surface area contributed by atoms with Gasteiger partial charge in [0.1, 0.15) is 24.2 Å². The first-order valence-electron chi connectivity index (χ1n) is 7.96. The second-order valence-electron chi connectivity index (χ2n) is 6.10. The maximum absolute atomic E-state index is 11.9. The molecule has 2 saturated heterocycles. The Morgan fingerprint density at radius 2 is 2.07 bits per heavy atom. The highest BCUT2D eigenvalue weighted by molar-refractivity contribution is 7.70. The van der Waals surface area contributed by atoms with Crippen molar-refractivity contribution >= 4 is 40.4 Å². The van der Waals surface area contributed by atoms with Gasteiger partial charge < -0.3 is 20.5 Å². The first-order chi connectivity index (χ1) is 13.9. The molecule has 2 fully saturated rings. The number of nitrogens with two attached hydrogens (primary N) is 1. The molecule has 2 aromatic rings. The van der Waals surface area contributed by atoms with E-state index >= 15 is 0 Å². The summed E-state index contributed by atoms with van der Waals surface area (Å²) < 4.78 is 54.6. The van der Waals surface area contributed by atoms with Crippen molar-refractivity contribution in [3.8, 4) is 0 Å². The molecule has 166 valence electrons. The molecule has 2 aliphatic rings. The van der Waals surface area contributed by atoms with Crippen molar-refractivity contribution in [1.29, 1.82) is 0 Å². The highest BCUT2D eigenvalue weighted by Gasteiger charge is 2.79. The van der Waals surface area contributed by atoms with Crippen LogP contribution in [0.15, 0.2) is 12.7 Å². The molecule has 20 heteroatoms. The molecular formula is C10H15N5O12P3+. The number of fused-ring (bicyclic) bond motifs is 1. The lowest BCUT2D eigenvalue weighted by Gasteiger charge is -2.17. The molecule has 6 atom stereocenters. The standard InChI is InChI=1S/C10H14N5O12P3/c11-9-8-10(13-3-12-9)15(4-14-8)7-1-5(16)6(24-7)2-23-28(17,18)26-30(21,22)27-25-29(27,19)20/h3-7,16H,1-2H2,(H4-,11,12,13,17,18,19,20,21,22)/p+1/t5-,6+,7+/m0/s1. The number of aromatic nitrogens is 4. The Morgan fingerprint density at radius 1 is 1.37 bits per heavy atom. The van der Waals surface area contributed by atoms with Gasteiger partial charge in [-0.2, -0.15) is 9.13 Å². The van der Waals surface area contributed by atoms with E-state index in [1.165, 1.54) is 17.2 Å². The number of aliphatic hydroxyl groups is 1. The van der Waals surface area contributed by atoms with E-state index in [0.717, 1.165) is 0 Å². The predicted octanol–water partition coefficient (Wildman–Crippen LogP) is -0.111. The molecule has 0 aliphatic carbocycles. The SMILES string of the molecule is Nc1ncnc2c1ncn2[C@H]1C[C@H](O)[C@@H](COP(=O)(O)OP(=O)(O)[O+]2OP2(=O)O)O1. The maximum Gasteiger partial charge on any atom is 0.745 e. The van der Waals surface area contributed by atoms with Gasteiger partial charge in [-0.25, -0.2) is 19.5 Å². The summed E-state index contributed by atoms with van der Waals surface area (Å²) in [7, 11) is -15.1. The summed E-state index contributed by atoms with van der Waals surface area (Å²) in [6.45, 7) is -0.725. The quantitative estimate of drug-likeness (QED) is 0.147. The summed E-state index contributed by atoms with van der Waals surface area (Å²) in [4.78, 5) is 39.8. The van der Waals surface area contributed by atoms with Crippen molar-refractivity contribution in [2.45, 2.75) is 24.9 Å². The first kappa shape index (κ1) is 21.9. The Kier molecular flexibility index (Phi) is 5.38. The molecule has 2 aliphatic heterocycles. The van der Waals surface area contributed by atoms with Gasteiger partial charge in [0, 0.05) is 6.42 Å². The van der Waals surface area contributed by atoms with E-state index in [4.69, 9.17) is 15.4 Å². The van der Waals surface area contributed by atoms with Crippen LogP contribution in [0.2, 0.25) is 0 Å². The Hall–Kier alpha value is -1.32. The smallest absolute Gasteiger partial charge is 0.390 e. The molecule has 0 aromatic carbocycles. The minimum Gasteiger partial charge on any atom is -0.390 e. The largest absolute Gasteiger partial charge is 0.745 e. The van der Waals surface area contributed by atoms with Gasteiger partial charge in [0.2, 0.25) is 0 Å². The lowest BCUT2D eigenvalue weighted by atomic mass is 10.2. The van der Waals surface area contributed by atoms with E-state index in [1.54, 1.807) is 0 Å². The fourth-order valence-corrected chi connectivity index (χ4v) is 6.72. The van der Waals surface area contributed by atoms with Crippen molar-refractivity contribution in [1.82, 2.24) is 19.5 Å². The number of nitrogens with zero attached hydrogens (tertiary/aromatic N) is 4. The molecule has 30 heavy (non-hydrogen) atoms. The number of phosphoric ester groups is 1. The summed E-state index contributed by atoms with van der Waals surface area (Å²) in [5.41, 5.74) is 6.36. The first-order valence-corrected chi connectivity index (χ1v) is 12.4. The van der Waals surface area contributed by atoms with Crippen LogP contribution in [0.25, 0.3) is 11.2 Å². The predicted molar refractivity (Wildman–Crippen MR) is 93.0 cm³/mol. The zero-order valence-corrected chi connectivity index (χ0v) is 17.2. The number of ether oxygens (including phenoxy) is 1. The highest BCUT2D eigenvalue weighted by Crippen LogP contribution is 2.85. The maximum atomic E-state index is 11.9. The average molecular weight is 490 g/mol. The third-order valence-electron chi connectivity index (χ3n) is 4.05. The molecule has 2 aromatic heterocycles. The van der Waals surface area contributed by atoms with Gasteiger partial charge in [-0.15, -0.1) is 4.31 Å². The molecule has 0 saturated carbocycles. The normalized spacial score (nSPS) is 33.4. The molecular weight excluding hydrogens is 475 g/mol. The molecule has 6 N–H and O–H groups in total. The number of imidazole rings is 1. The van der Waals surface area contributed by atoms with E-state index in [-0.39, 0.29) is 12.2 Å². The summed E-state index contributed by atoms with van der Waals surface area (Å²) in [6, 6.07) is 0. The third-order valence-corrected chi connectivity index (χ3v) is 8.68. The molecule has 17 nitrogen and oxygen atoms in total. The second-order valence-corrected chi connectivity index (χ2v) is 10.9. The minimum absolute atomic E-state index is 0.0314. The van der Waals surface area contributed by atoms with Gasteiger partial charge in [0.05, 0.1) is 23.7 Å². The van der Waals surface area contributed by atoms with Crippen LogP contribution in [0.4, 0.5) is 5.82 Å². The Balaban J connectivity index is 1.39. The molecule has 3 unspecified atom stereocenters. The van der Waals surface area contributed by atoms with Gasteiger partial charge in [-0.05, 0) is 0 Å². The molecule has 4 heterocycles. The van der Waals surface area contributed by atoms with Crippen LogP contribution >= 0.6 is 23.5 Å². The van der Waals surface area contributed by atoms with E-state index < -0.39 is 48.5 Å².